The maximum Gasteiger partial charge on any atom is 0.184 e. The Bertz CT molecular complexity index is 1100. The molecule has 0 aliphatic carbocycles. The van der Waals surface area contributed by atoms with Crippen molar-refractivity contribution in [1.82, 2.24) is 24.7 Å². The highest BCUT2D eigenvalue weighted by Gasteiger charge is 2.18. The van der Waals surface area contributed by atoms with E-state index in [-0.39, 0.29) is 12.4 Å². The van der Waals surface area contributed by atoms with Crippen LogP contribution in [0.2, 0.25) is 0 Å². The number of halogens is 1. The van der Waals surface area contributed by atoms with Crippen LogP contribution in [-0.4, -0.2) is 24.7 Å². The second-order valence-electron chi connectivity index (χ2n) is 5.91. The molecule has 0 amide bonds. The lowest BCUT2D eigenvalue weighted by atomic mass is 10.2. The van der Waals surface area contributed by atoms with Crippen LogP contribution in [0, 0.1) is 12.7 Å². The largest absolute Gasteiger partial charge is 0.383 e. The van der Waals surface area contributed by atoms with Crippen LogP contribution in [0.25, 0.3) is 22.6 Å². The molecule has 7 nitrogen and oxygen atoms in total. The summed E-state index contributed by atoms with van der Waals surface area (Å²) in [6.45, 7) is 1.99. The first-order valence-electron chi connectivity index (χ1n) is 7.99. The Labute approximate surface area is 148 Å². The first-order chi connectivity index (χ1) is 12.5. The Balaban J connectivity index is 1.89. The van der Waals surface area contributed by atoms with Crippen LogP contribution < -0.4 is 11.5 Å². The molecule has 26 heavy (non-hydrogen) atoms. The Morgan fingerprint density at radius 3 is 2.50 bits per heavy atom. The molecular weight excluding hydrogens is 333 g/mol. The number of nitrogens with zero attached hydrogens (tertiary/aromatic N) is 5. The molecule has 3 heterocycles. The highest BCUT2D eigenvalue weighted by Crippen LogP contribution is 2.27. The molecule has 1 aromatic carbocycles. The molecule has 3 aromatic heterocycles. The third kappa shape index (κ3) is 2.61. The molecule has 130 valence electrons. The molecule has 0 unspecified atom stereocenters. The van der Waals surface area contributed by atoms with Gasteiger partial charge >= 0.3 is 0 Å². The topological polar surface area (TPSA) is 109 Å². The number of hydrogen-bond donors (Lipinski definition) is 2. The second-order valence-corrected chi connectivity index (χ2v) is 5.91. The number of fused-ring (bicyclic) bond motifs is 1. The van der Waals surface area contributed by atoms with Crippen LogP contribution in [-0.2, 0) is 6.54 Å². The molecule has 0 radical (unpaired) electrons. The molecule has 0 saturated carbocycles. The van der Waals surface area contributed by atoms with E-state index >= 15 is 0 Å². The molecule has 0 aliphatic rings. The van der Waals surface area contributed by atoms with Crippen molar-refractivity contribution in [2.75, 3.05) is 11.5 Å². The number of anilines is 2. The summed E-state index contributed by atoms with van der Waals surface area (Å²) in [5.41, 5.74) is 14.1. The van der Waals surface area contributed by atoms with Gasteiger partial charge in [-0.05, 0) is 25.1 Å². The summed E-state index contributed by atoms with van der Waals surface area (Å²) in [5.74, 6) is 0.617. The summed E-state index contributed by atoms with van der Waals surface area (Å²) in [4.78, 5) is 13.0. The quantitative estimate of drug-likeness (QED) is 0.588. The highest BCUT2D eigenvalue weighted by molar-refractivity contribution is 5.89. The van der Waals surface area contributed by atoms with Crippen molar-refractivity contribution in [2.45, 2.75) is 13.5 Å². The van der Waals surface area contributed by atoms with E-state index in [4.69, 9.17) is 11.5 Å². The van der Waals surface area contributed by atoms with E-state index in [2.05, 4.69) is 20.1 Å². The summed E-state index contributed by atoms with van der Waals surface area (Å²) in [6, 6.07) is 10.2. The van der Waals surface area contributed by atoms with Gasteiger partial charge in [-0.1, -0.05) is 18.2 Å². The summed E-state index contributed by atoms with van der Waals surface area (Å²) in [5, 5.41) is 5.30. The fourth-order valence-electron chi connectivity index (χ4n) is 2.73. The monoisotopic (exact) mass is 349 g/mol. The SMILES string of the molecule is Cc1c(N)nc(-c2nn(Cc3ccccc3F)c3ncccc23)nc1N. The van der Waals surface area contributed by atoms with Gasteiger partial charge in [-0.25, -0.2) is 24.0 Å². The van der Waals surface area contributed by atoms with Gasteiger partial charge in [0.1, 0.15) is 23.1 Å². The summed E-state index contributed by atoms with van der Waals surface area (Å²) in [7, 11) is 0. The zero-order valence-corrected chi connectivity index (χ0v) is 14.0. The van der Waals surface area contributed by atoms with Crippen molar-refractivity contribution in [1.29, 1.82) is 0 Å². The molecule has 0 spiro atoms. The van der Waals surface area contributed by atoms with Crippen molar-refractivity contribution in [3.63, 3.8) is 0 Å². The Morgan fingerprint density at radius 1 is 1.04 bits per heavy atom. The smallest absolute Gasteiger partial charge is 0.184 e. The third-order valence-electron chi connectivity index (χ3n) is 4.22. The van der Waals surface area contributed by atoms with E-state index in [0.717, 1.165) is 5.39 Å². The zero-order chi connectivity index (χ0) is 18.3. The van der Waals surface area contributed by atoms with Gasteiger partial charge in [-0.3, -0.25) is 0 Å². The Hall–Kier alpha value is -3.55. The lowest BCUT2D eigenvalue weighted by Crippen LogP contribution is -2.06. The lowest BCUT2D eigenvalue weighted by molar-refractivity contribution is 0.589. The number of rotatable bonds is 3. The standard InChI is InChI=1S/C18H16FN7/c1-10-15(20)23-17(24-16(10)21)14-12-6-4-8-22-18(12)26(25-14)9-11-5-2-3-7-13(11)19/h2-8H,9H2,1H3,(H4,20,21,23,24). The van der Waals surface area contributed by atoms with Gasteiger partial charge in [0.15, 0.2) is 11.5 Å². The Morgan fingerprint density at radius 2 is 1.77 bits per heavy atom. The molecule has 8 heteroatoms. The van der Waals surface area contributed by atoms with E-state index in [1.165, 1.54) is 6.07 Å². The minimum atomic E-state index is -0.297. The maximum absolute atomic E-state index is 14.0. The van der Waals surface area contributed by atoms with Crippen molar-refractivity contribution >= 4 is 22.7 Å². The minimum Gasteiger partial charge on any atom is -0.383 e. The van der Waals surface area contributed by atoms with Gasteiger partial charge in [-0.2, -0.15) is 5.10 Å². The number of aromatic nitrogens is 5. The van der Waals surface area contributed by atoms with Gasteiger partial charge in [0.05, 0.1) is 11.9 Å². The molecular formula is C18H16FN7. The van der Waals surface area contributed by atoms with Crippen molar-refractivity contribution in [2.24, 2.45) is 0 Å². The van der Waals surface area contributed by atoms with Crippen molar-refractivity contribution in [3.05, 3.63) is 59.5 Å². The summed E-state index contributed by atoms with van der Waals surface area (Å²) < 4.78 is 15.7. The van der Waals surface area contributed by atoms with Crippen molar-refractivity contribution < 1.29 is 4.39 Å². The number of nitrogen functional groups attached to an aromatic ring is 2. The van der Waals surface area contributed by atoms with Gasteiger partial charge in [0, 0.05) is 17.3 Å². The number of hydrogen-bond acceptors (Lipinski definition) is 6. The normalized spacial score (nSPS) is 11.2. The van der Waals surface area contributed by atoms with E-state index < -0.39 is 0 Å². The fourth-order valence-corrected chi connectivity index (χ4v) is 2.73. The van der Waals surface area contributed by atoms with Crippen LogP contribution in [0.4, 0.5) is 16.0 Å². The second kappa shape index (κ2) is 6.07. The molecule has 0 atom stereocenters. The molecule has 0 saturated heterocycles. The number of pyridine rings is 1. The van der Waals surface area contributed by atoms with Crippen LogP contribution in [0.5, 0.6) is 0 Å². The minimum absolute atomic E-state index is 0.233. The van der Waals surface area contributed by atoms with Crippen molar-refractivity contribution in [3.8, 4) is 11.5 Å². The average Bonchev–Trinajstić information content (AvgIpc) is 3.00. The van der Waals surface area contributed by atoms with Gasteiger partial charge in [-0.15, -0.1) is 0 Å². The maximum atomic E-state index is 14.0. The number of benzene rings is 1. The van der Waals surface area contributed by atoms with Crippen LogP contribution in [0.3, 0.4) is 0 Å². The third-order valence-corrected chi connectivity index (χ3v) is 4.22. The Kier molecular flexibility index (Phi) is 3.72. The molecule has 0 bridgehead atoms. The molecule has 4 aromatic rings. The first-order valence-corrected chi connectivity index (χ1v) is 7.99. The predicted molar refractivity (Wildman–Crippen MR) is 97.6 cm³/mol. The van der Waals surface area contributed by atoms with Gasteiger partial charge in [0.2, 0.25) is 0 Å². The first kappa shape index (κ1) is 15.9. The van der Waals surface area contributed by atoms with Gasteiger partial charge in [0.25, 0.3) is 0 Å². The van der Waals surface area contributed by atoms with Crippen LogP contribution in [0.15, 0.2) is 42.6 Å². The molecule has 0 aliphatic heterocycles. The van der Waals surface area contributed by atoms with Crippen LogP contribution in [0.1, 0.15) is 11.1 Å². The average molecular weight is 349 g/mol. The zero-order valence-electron chi connectivity index (χ0n) is 14.0. The summed E-state index contributed by atoms with van der Waals surface area (Å²) in [6.07, 6.45) is 1.66. The van der Waals surface area contributed by atoms with E-state index in [1.807, 2.05) is 6.07 Å². The van der Waals surface area contributed by atoms with Gasteiger partial charge < -0.3 is 11.5 Å². The fraction of sp³-hybridized carbons (Fsp3) is 0.111. The lowest BCUT2D eigenvalue weighted by Gasteiger charge is -2.05. The molecule has 0 fully saturated rings. The van der Waals surface area contributed by atoms with E-state index in [9.17, 15) is 4.39 Å². The predicted octanol–water partition coefficient (Wildman–Crippen LogP) is 2.55. The molecule has 4 N–H and O–H groups in total. The van der Waals surface area contributed by atoms with E-state index in [1.54, 1.807) is 42.1 Å². The van der Waals surface area contributed by atoms with E-state index in [0.29, 0.717) is 39.9 Å². The number of nitrogens with two attached hydrogens (primary N) is 2. The summed E-state index contributed by atoms with van der Waals surface area (Å²) >= 11 is 0. The highest BCUT2D eigenvalue weighted by atomic mass is 19.1. The van der Waals surface area contributed by atoms with Crippen LogP contribution >= 0.6 is 0 Å². The molecule has 4 rings (SSSR count).